The fourth-order valence-electron chi connectivity index (χ4n) is 1.14. The molecule has 0 amide bonds. The molecular formula is C11H13ClOS. The maximum Gasteiger partial charge on any atom is 0.129 e. The fourth-order valence-corrected chi connectivity index (χ4v) is 2.01. The molecule has 3 heteroatoms. The van der Waals surface area contributed by atoms with Crippen LogP contribution in [0.2, 0.25) is 5.02 Å². The lowest BCUT2D eigenvalue weighted by Crippen LogP contribution is -2.18. The molecule has 0 aromatic heterocycles. The highest BCUT2D eigenvalue weighted by atomic mass is 35.5. The summed E-state index contributed by atoms with van der Waals surface area (Å²) in [5.74, 6) is 0. The number of halogens is 1. The summed E-state index contributed by atoms with van der Waals surface area (Å²) >= 11 is 7.66. The highest BCUT2D eigenvalue weighted by Gasteiger charge is 2.20. The Morgan fingerprint density at radius 3 is 2.50 bits per heavy atom. The molecule has 0 bridgehead atoms. The minimum atomic E-state index is -0.458. The molecule has 0 saturated carbocycles. The molecule has 1 aromatic rings. The van der Waals surface area contributed by atoms with E-state index >= 15 is 0 Å². The molecule has 0 spiro atoms. The van der Waals surface area contributed by atoms with Gasteiger partial charge in [0.25, 0.3) is 0 Å². The van der Waals surface area contributed by atoms with Crippen LogP contribution in [0.15, 0.2) is 23.1 Å². The van der Waals surface area contributed by atoms with Crippen molar-refractivity contribution < 1.29 is 4.79 Å². The molecule has 1 nitrogen and oxygen atoms in total. The smallest absolute Gasteiger partial charge is 0.129 e. The van der Waals surface area contributed by atoms with E-state index in [1.165, 1.54) is 0 Å². The summed E-state index contributed by atoms with van der Waals surface area (Å²) in [4.78, 5) is 11.9. The van der Waals surface area contributed by atoms with Crippen LogP contribution in [0.4, 0.5) is 0 Å². The summed E-state index contributed by atoms with van der Waals surface area (Å²) in [5, 5.41) is 0.713. The van der Waals surface area contributed by atoms with Crippen LogP contribution in [0.25, 0.3) is 0 Å². The summed E-state index contributed by atoms with van der Waals surface area (Å²) in [6, 6.07) is 5.77. The lowest BCUT2D eigenvalue weighted by Gasteiger charge is -2.18. The average molecular weight is 229 g/mol. The van der Waals surface area contributed by atoms with Gasteiger partial charge in [0.15, 0.2) is 0 Å². The number of hydrogen-bond donors (Lipinski definition) is 0. The van der Waals surface area contributed by atoms with Crippen molar-refractivity contribution in [1.29, 1.82) is 0 Å². The maximum absolute atomic E-state index is 10.8. The maximum atomic E-state index is 10.8. The molecule has 1 rings (SSSR count). The summed E-state index contributed by atoms with van der Waals surface area (Å²) in [7, 11) is 0. The molecule has 0 heterocycles. The normalized spacial score (nSPS) is 11.4. The Balaban J connectivity index is 3.15. The van der Waals surface area contributed by atoms with Crippen LogP contribution >= 0.6 is 23.4 Å². The number of aldehydes is 1. The SMILES string of the molecule is CSc1ccc(C(C)(C)C=O)cc1Cl. The molecule has 76 valence electrons. The van der Waals surface area contributed by atoms with E-state index in [4.69, 9.17) is 11.6 Å². The van der Waals surface area contributed by atoms with E-state index in [0.29, 0.717) is 5.02 Å². The molecule has 0 radical (unpaired) electrons. The monoisotopic (exact) mass is 228 g/mol. The van der Waals surface area contributed by atoms with Crippen LogP contribution in [-0.2, 0) is 10.2 Å². The zero-order valence-electron chi connectivity index (χ0n) is 8.50. The van der Waals surface area contributed by atoms with Crippen molar-refractivity contribution >= 4 is 29.6 Å². The molecule has 0 aliphatic heterocycles. The summed E-state index contributed by atoms with van der Waals surface area (Å²) < 4.78 is 0. The van der Waals surface area contributed by atoms with Gasteiger partial charge in [-0.1, -0.05) is 17.7 Å². The third kappa shape index (κ3) is 2.31. The minimum absolute atomic E-state index is 0.458. The van der Waals surface area contributed by atoms with Gasteiger partial charge in [-0.15, -0.1) is 11.8 Å². The van der Waals surface area contributed by atoms with Gasteiger partial charge in [0.2, 0.25) is 0 Å². The molecule has 0 aliphatic carbocycles. The number of carbonyl (C=O) groups excluding carboxylic acids is 1. The largest absolute Gasteiger partial charge is 0.302 e. The summed E-state index contributed by atoms with van der Waals surface area (Å²) in [6.07, 6.45) is 2.92. The van der Waals surface area contributed by atoms with E-state index in [1.54, 1.807) is 11.8 Å². The van der Waals surface area contributed by atoms with E-state index in [9.17, 15) is 4.79 Å². The molecule has 0 atom stereocenters. The molecule has 14 heavy (non-hydrogen) atoms. The number of rotatable bonds is 3. The van der Waals surface area contributed by atoms with Crippen LogP contribution < -0.4 is 0 Å². The van der Waals surface area contributed by atoms with E-state index in [0.717, 1.165) is 16.7 Å². The predicted molar refractivity (Wildman–Crippen MR) is 62.3 cm³/mol. The first-order valence-electron chi connectivity index (χ1n) is 4.31. The Morgan fingerprint density at radius 1 is 1.43 bits per heavy atom. The first kappa shape index (κ1) is 11.6. The molecule has 0 fully saturated rings. The van der Waals surface area contributed by atoms with Crippen molar-refractivity contribution in [2.75, 3.05) is 6.26 Å². The van der Waals surface area contributed by atoms with Gasteiger partial charge in [0.1, 0.15) is 6.29 Å². The fraction of sp³-hybridized carbons (Fsp3) is 0.364. The Hall–Kier alpha value is -0.470. The first-order chi connectivity index (χ1) is 6.51. The standard InChI is InChI=1S/C11H13ClOS/c1-11(2,7-13)8-4-5-10(14-3)9(12)6-8/h4-7H,1-3H3. The van der Waals surface area contributed by atoms with Gasteiger partial charge in [0, 0.05) is 10.3 Å². The van der Waals surface area contributed by atoms with Crippen molar-refractivity contribution in [1.82, 2.24) is 0 Å². The molecule has 0 saturated heterocycles. The Labute approximate surface area is 93.8 Å². The summed E-state index contributed by atoms with van der Waals surface area (Å²) in [6.45, 7) is 3.76. The third-order valence-electron chi connectivity index (χ3n) is 2.19. The van der Waals surface area contributed by atoms with Crippen molar-refractivity contribution in [3.63, 3.8) is 0 Å². The van der Waals surface area contributed by atoms with Gasteiger partial charge in [-0.3, -0.25) is 0 Å². The number of thioether (sulfide) groups is 1. The van der Waals surface area contributed by atoms with Gasteiger partial charge in [-0.05, 0) is 37.8 Å². The molecule has 0 aliphatic rings. The average Bonchev–Trinajstić information content (AvgIpc) is 2.17. The lowest BCUT2D eigenvalue weighted by atomic mass is 9.86. The van der Waals surface area contributed by atoms with Crippen LogP contribution in [0.5, 0.6) is 0 Å². The van der Waals surface area contributed by atoms with Crippen LogP contribution in [0.3, 0.4) is 0 Å². The Morgan fingerprint density at radius 2 is 2.07 bits per heavy atom. The topological polar surface area (TPSA) is 17.1 Å². The van der Waals surface area contributed by atoms with Gasteiger partial charge < -0.3 is 4.79 Å². The summed E-state index contributed by atoms with van der Waals surface area (Å²) in [5.41, 5.74) is 0.496. The van der Waals surface area contributed by atoms with Crippen molar-refractivity contribution in [3.05, 3.63) is 28.8 Å². The Bertz CT molecular complexity index is 347. The van der Waals surface area contributed by atoms with Gasteiger partial charge in [-0.2, -0.15) is 0 Å². The van der Waals surface area contributed by atoms with Crippen molar-refractivity contribution in [3.8, 4) is 0 Å². The number of hydrogen-bond acceptors (Lipinski definition) is 2. The van der Waals surface area contributed by atoms with Gasteiger partial charge in [-0.25, -0.2) is 0 Å². The lowest BCUT2D eigenvalue weighted by molar-refractivity contribution is -0.111. The zero-order valence-corrected chi connectivity index (χ0v) is 10.1. The van der Waals surface area contributed by atoms with Crippen LogP contribution in [0.1, 0.15) is 19.4 Å². The molecule has 0 unspecified atom stereocenters. The molecule has 0 N–H and O–H groups in total. The second kappa shape index (κ2) is 4.37. The zero-order chi connectivity index (χ0) is 10.8. The predicted octanol–water partition coefficient (Wildman–Crippen LogP) is 3.54. The van der Waals surface area contributed by atoms with Gasteiger partial charge in [0.05, 0.1) is 5.02 Å². The van der Waals surface area contributed by atoms with Crippen LogP contribution in [-0.4, -0.2) is 12.5 Å². The third-order valence-corrected chi connectivity index (χ3v) is 3.41. The highest BCUT2D eigenvalue weighted by Crippen LogP contribution is 2.30. The van der Waals surface area contributed by atoms with Crippen LogP contribution in [0, 0.1) is 0 Å². The van der Waals surface area contributed by atoms with E-state index in [2.05, 4.69) is 0 Å². The number of carbonyl (C=O) groups is 1. The van der Waals surface area contributed by atoms with E-state index in [-0.39, 0.29) is 0 Å². The Kier molecular flexibility index (Phi) is 3.62. The quantitative estimate of drug-likeness (QED) is 0.582. The first-order valence-corrected chi connectivity index (χ1v) is 5.92. The van der Waals surface area contributed by atoms with Gasteiger partial charge >= 0.3 is 0 Å². The van der Waals surface area contributed by atoms with E-state index in [1.807, 2.05) is 38.3 Å². The second-order valence-corrected chi connectivity index (χ2v) is 4.94. The van der Waals surface area contributed by atoms with E-state index < -0.39 is 5.41 Å². The minimum Gasteiger partial charge on any atom is -0.302 e. The molecular weight excluding hydrogens is 216 g/mol. The second-order valence-electron chi connectivity index (χ2n) is 3.69. The molecule has 1 aromatic carbocycles. The van der Waals surface area contributed by atoms with Crippen molar-refractivity contribution in [2.24, 2.45) is 0 Å². The van der Waals surface area contributed by atoms with Crippen molar-refractivity contribution in [2.45, 2.75) is 24.2 Å². The highest BCUT2D eigenvalue weighted by molar-refractivity contribution is 7.98. The number of benzene rings is 1.